The second-order valence-corrected chi connectivity index (χ2v) is 4.98. The van der Waals surface area contributed by atoms with Crippen molar-refractivity contribution in [3.05, 3.63) is 41.2 Å². The van der Waals surface area contributed by atoms with Gasteiger partial charge in [-0.05, 0) is 43.0 Å². The molecule has 0 bridgehead atoms. The second kappa shape index (κ2) is 9.58. The number of aliphatic carboxylic acids is 2. The van der Waals surface area contributed by atoms with Crippen LogP contribution >= 0.6 is 0 Å². The Morgan fingerprint density at radius 3 is 2.30 bits per heavy atom. The molecule has 0 atom stereocenters. The summed E-state index contributed by atoms with van der Waals surface area (Å²) in [6.07, 6.45) is 3.26. The molecule has 0 radical (unpaired) electrons. The van der Waals surface area contributed by atoms with Crippen LogP contribution in [0.15, 0.2) is 24.3 Å². The molecule has 0 saturated carbocycles. The van der Waals surface area contributed by atoms with Crippen molar-refractivity contribution in [2.45, 2.75) is 26.7 Å². The van der Waals surface area contributed by atoms with Crippen molar-refractivity contribution in [2.24, 2.45) is 0 Å². The Bertz CT molecular complexity index is 572. The summed E-state index contributed by atoms with van der Waals surface area (Å²) < 4.78 is 13.3. The van der Waals surface area contributed by atoms with E-state index in [1.807, 2.05) is 13.0 Å². The number of carboxylic acids is 2. The molecule has 1 aromatic carbocycles. The van der Waals surface area contributed by atoms with Gasteiger partial charge in [0.1, 0.15) is 5.82 Å². The third-order valence-electron chi connectivity index (χ3n) is 3.21. The van der Waals surface area contributed by atoms with E-state index in [1.165, 1.54) is 11.3 Å². The van der Waals surface area contributed by atoms with E-state index < -0.39 is 11.9 Å². The number of carbonyl (C=O) groups is 2. The lowest BCUT2D eigenvalue weighted by Crippen LogP contribution is -2.20. The van der Waals surface area contributed by atoms with Gasteiger partial charge in [-0.2, -0.15) is 0 Å². The highest BCUT2D eigenvalue weighted by Gasteiger charge is 2.19. The number of aryl methyl sites for hydroxylation is 1. The molecule has 0 spiro atoms. The number of halogens is 1. The Labute approximate surface area is 134 Å². The maximum atomic E-state index is 13.3. The summed E-state index contributed by atoms with van der Waals surface area (Å²) in [5.74, 6) is -2.58. The minimum Gasteiger partial charge on any atom is -0.478 e. The first-order valence-electron chi connectivity index (χ1n) is 7.03. The van der Waals surface area contributed by atoms with Crippen molar-refractivity contribution in [2.75, 3.05) is 18.0 Å². The molecule has 23 heavy (non-hydrogen) atoms. The van der Waals surface area contributed by atoms with Gasteiger partial charge >= 0.3 is 11.9 Å². The lowest BCUT2D eigenvalue weighted by molar-refractivity contribution is -0.134. The normalized spacial score (nSPS) is 12.2. The molecule has 0 amide bonds. The van der Waals surface area contributed by atoms with Gasteiger partial charge in [-0.3, -0.25) is 0 Å². The van der Waals surface area contributed by atoms with E-state index in [0.29, 0.717) is 12.2 Å². The fourth-order valence-corrected chi connectivity index (χ4v) is 2.22. The Balaban J connectivity index is 0.000000469. The number of benzene rings is 1. The predicted molar refractivity (Wildman–Crippen MR) is 86.8 cm³/mol. The van der Waals surface area contributed by atoms with Crippen LogP contribution in [0.1, 0.15) is 24.5 Å². The number of carboxylic acid groups (broad SMARTS) is 2. The molecular formula is C16H23FN2O4. The lowest BCUT2D eigenvalue weighted by atomic mass is 10.1. The highest BCUT2D eigenvalue weighted by Crippen LogP contribution is 2.30. The molecule has 0 fully saturated rings. The zero-order valence-corrected chi connectivity index (χ0v) is 13.4. The highest BCUT2D eigenvalue weighted by atomic mass is 19.1. The predicted octanol–water partition coefficient (Wildman–Crippen LogP) is 2.78. The molecule has 0 unspecified atom stereocenters. The number of rotatable bonds is 4. The molecular weight excluding hydrogens is 303 g/mol. The van der Waals surface area contributed by atoms with E-state index in [4.69, 9.17) is 10.2 Å². The number of hydrogen-bond donors (Lipinski definition) is 3. The maximum Gasteiger partial charge on any atom is 0.328 e. The van der Waals surface area contributed by atoms with Gasteiger partial charge in [0.2, 0.25) is 0 Å². The van der Waals surface area contributed by atoms with Crippen molar-refractivity contribution in [1.82, 2.24) is 6.15 Å². The van der Waals surface area contributed by atoms with E-state index >= 15 is 0 Å². The van der Waals surface area contributed by atoms with Crippen LogP contribution in [-0.4, -0.2) is 35.2 Å². The van der Waals surface area contributed by atoms with Gasteiger partial charge in [0.25, 0.3) is 0 Å². The molecule has 128 valence electrons. The van der Waals surface area contributed by atoms with Crippen molar-refractivity contribution in [1.29, 1.82) is 0 Å². The third kappa shape index (κ3) is 6.48. The number of fused-ring (bicyclic) bond motifs is 1. The molecule has 6 nitrogen and oxygen atoms in total. The average Bonchev–Trinajstić information content (AvgIpc) is 2.81. The quantitative estimate of drug-likeness (QED) is 0.733. The van der Waals surface area contributed by atoms with Gasteiger partial charge in [-0.1, -0.05) is 6.92 Å². The number of anilines is 1. The standard InChI is InChI=1S/C12H16FN.C4H4O4.H3N/c1-3-5-14-6-4-10-8-11(13)9(2)7-12(10)14;5-3(6)1-2-4(7)8;/h7-8H,3-6H2,1-2H3;1-2H,(H,5,6)(H,7,8);1H3. The van der Waals surface area contributed by atoms with Crippen molar-refractivity contribution >= 4 is 17.6 Å². The van der Waals surface area contributed by atoms with Gasteiger partial charge in [-0.25, -0.2) is 14.0 Å². The lowest BCUT2D eigenvalue weighted by Gasteiger charge is -2.18. The van der Waals surface area contributed by atoms with Crippen LogP contribution in [0.25, 0.3) is 0 Å². The number of hydrogen-bond acceptors (Lipinski definition) is 4. The van der Waals surface area contributed by atoms with Crippen LogP contribution in [0.2, 0.25) is 0 Å². The Kier molecular flexibility index (Phi) is 8.57. The topological polar surface area (TPSA) is 113 Å². The summed E-state index contributed by atoms with van der Waals surface area (Å²) >= 11 is 0. The molecule has 1 aliphatic rings. The minimum atomic E-state index is -1.26. The van der Waals surface area contributed by atoms with Gasteiger partial charge in [0.05, 0.1) is 0 Å². The Hall–Kier alpha value is -2.41. The summed E-state index contributed by atoms with van der Waals surface area (Å²) in [5, 5.41) is 15.6. The smallest absolute Gasteiger partial charge is 0.328 e. The summed E-state index contributed by atoms with van der Waals surface area (Å²) in [7, 11) is 0. The fraction of sp³-hybridized carbons (Fsp3) is 0.375. The first kappa shape index (κ1) is 20.6. The third-order valence-corrected chi connectivity index (χ3v) is 3.21. The van der Waals surface area contributed by atoms with Crippen molar-refractivity contribution in [3.63, 3.8) is 0 Å². The molecule has 1 heterocycles. The molecule has 1 aliphatic heterocycles. The molecule has 1 aromatic rings. The first-order valence-corrected chi connectivity index (χ1v) is 7.03. The zero-order valence-electron chi connectivity index (χ0n) is 13.4. The van der Waals surface area contributed by atoms with Crippen LogP contribution < -0.4 is 11.1 Å². The SMILES string of the molecule is CCCN1CCc2cc(F)c(C)cc21.N.O=C(O)C=CC(=O)O. The fourth-order valence-electron chi connectivity index (χ4n) is 2.22. The molecule has 5 N–H and O–H groups in total. The van der Waals surface area contributed by atoms with Crippen LogP contribution in [0.4, 0.5) is 10.1 Å². The Morgan fingerprint density at radius 1 is 1.26 bits per heavy atom. The minimum absolute atomic E-state index is 0. The Morgan fingerprint density at radius 2 is 1.83 bits per heavy atom. The summed E-state index contributed by atoms with van der Waals surface area (Å²) in [6.45, 7) is 6.14. The molecule has 0 aromatic heterocycles. The monoisotopic (exact) mass is 326 g/mol. The largest absolute Gasteiger partial charge is 0.478 e. The van der Waals surface area contributed by atoms with Crippen LogP contribution in [0, 0.1) is 12.7 Å². The number of nitrogens with zero attached hydrogens (tertiary/aromatic N) is 1. The van der Waals surface area contributed by atoms with Crippen molar-refractivity contribution < 1.29 is 24.2 Å². The van der Waals surface area contributed by atoms with E-state index in [9.17, 15) is 14.0 Å². The van der Waals surface area contributed by atoms with E-state index in [2.05, 4.69) is 11.8 Å². The van der Waals surface area contributed by atoms with Crippen LogP contribution in [0.3, 0.4) is 0 Å². The summed E-state index contributed by atoms with van der Waals surface area (Å²) in [5.41, 5.74) is 3.17. The van der Waals surface area contributed by atoms with E-state index in [1.54, 1.807) is 6.07 Å². The van der Waals surface area contributed by atoms with Gasteiger partial charge in [-0.15, -0.1) is 0 Å². The molecule has 0 aliphatic carbocycles. The average molecular weight is 326 g/mol. The van der Waals surface area contributed by atoms with Gasteiger partial charge in [0.15, 0.2) is 0 Å². The first-order chi connectivity index (χ1) is 10.3. The van der Waals surface area contributed by atoms with Crippen LogP contribution in [0.5, 0.6) is 0 Å². The van der Waals surface area contributed by atoms with Gasteiger partial charge < -0.3 is 21.3 Å². The zero-order chi connectivity index (χ0) is 16.7. The molecule has 7 heteroatoms. The highest BCUT2D eigenvalue weighted by molar-refractivity contribution is 5.89. The van der Waals surface area contributed by atoms with Crippen LogP contribution in [-0.2, 0) is 16.0 Å². The second-order valence-electron chi connectivity index (χ2n) is 4.98. The van der Waals surface area contributed by atoms with E-state index in [-0.39, 0.29) is 12.0 Å². The van der Waals surface area contributed by atoms with Gasteiger partial charge in [0, 0.05) is 30.9 Å². The summed E-state index contributed by atoms with van der Waals surface area (Å²) in [6, 6.07) is 3.67. The van der Waals surface area contributed by atoms with Crippen molar-refractivity contribution in [3.8, 4) is 0 Å². The summed E-state index contributed by atoms with van der Waals surface area (Å²) in [4.78, 5) is 21.5. The molecule has 0 saturated heterocycles. The van der Waals surface area contributed by atoms with E-state index in [0.717, 1.165) is 31.5 Å². The maximum absolute atomic E-state index is 13.3. The molecule has 2 rings (SSSR count).